The van der Waals surface area contributed by atoms with E-state index in [2.05, 4.69) is 0 Å². The zero-order valence-electron chi connectivity index (χ0n) is 6.17. The molecule has 2 N–H and O–H groups in total. The smallest absolute Gasteiger partial charge is 0.0562 e. The van der Waals surface area contributed by atoms with Crippen molar-refractivity contribution in [1.82, 2.24) is 0 Å². The molecule has 2 atom stereocenters. The van der Waals surface area contributed by atoms with Gasteiger partial charge in [0.15, 0.2) is 0 Å². The molecule has 0 aliphatic heterocycles. The number of hydrogen-bond acceptors (Lipinski definition) is 2. The van der Waals surface area contributed by atoms with Crippen LogP contribution in [0.1, 0.15) is 26.7 Å². The number of aliphatic hydroxyl groups is 2. The van der Waals surface area contributed by atoms with E-state index >= 15 is 0 Å². The van der Waals surface area contributed by atoms with E-state index in [0.717, 1.165) is 12.8 Å². The van der Waals surface area contributed by atoms with Gasteiger partial charge in [-0.05, 0) is 13.3 Å². The Morgan fingerprint density at radius 2 is 2.00 bits per heavy atom. The first-order chi connectivity index (χ1) is 4.22. The highest BCUT2D eigenvalue weighted by Crippen LogP contribution is 2.09. The molecule has 2 heteroatoms. The maximum Gasteiger partial charge on any atom is 0.0562 e. The van der Waals surface area contributed by atoms with E-state index in [1.807, 2.05) is 6.92 Å². The van der Waals surface area contributed by atoms with Crippen molar-refractivity contribution in [3.8, 4) is 0 Å². The third-order valence-electron chi connectivity index (χ3n) is 1.58. The van der Waals surface area contributed by atoms with Crippen molar-refractivity contribution in [3.05, 3.63) is 0 Å². The largest absolute Gasteiger partial charge is 0.396 e. The molecule has 0 fully saturated rings. The fourth-order valence-corrected chi connectivity index (χ4v) is 0.856. The van der Waals surface area contributed by atoms with E-state index in [9.17, 15) is 0 Å². The Balaban J connectivity index is 3.41. The highest BCUT2D eigenvalue weighted by Gasteiger charge is 2.11. The first kappa shape index (κ1) is 8.92. The summed E-state index contributed by atoms with van der Waals surface area (Å²) in [6, 6.07) is 0. The summed E-state index contributed by atoms with van der Waals surface area (Å²) >= 11 is 0. The second-order valence-corrected chi connectivity index (χ2v) is 2.47. The van der Waals surface area contributed by atoms with Crippen LogP contribution < -0.4 is 0 Å². The lowest BCUT2D eigenvalue weighted by Gasteiger charge is -2.15. The minimum Gasteiger partial charge on any atom is -0.396 e. The van der Waals surface area contributed by atoms with Crippen molar-refractivity contribution in [2.24, 2.45) is 5.92 Å². The molecule has 56 valence electrons. The predicted molar refractivity (Wildman–Crippen MR) is 37.2 cm³/mol. The molecule has 0 spiro atoms. The van der Waals surface area contributed by atoms with Crippen molar-refractivity contribution in [3.63, 3.8) is 0 Å². The summed E-state index contributed by atoms with van der Waals surface area (Å²) in [7, 11) is 0. The van der Waals surface area contributed by atoms with Crippen LogP contribution in [-0.2, 0) is 0 Å². The third kappa shape index (κ3) is 3.49. The Kier molecular flexibility index (Phi) is 4.72. The van der Waals surface area contributed by atoms with Crippen LogP contribution in [0.15, 0.2) is 0 Å². The minimum atomic E-state index is -0.366. The molecular weight excluding hydrogens is 116 g/mol. The highest BCUT2D eigenvalue weighted by molar-refractivity contribution is 4.61. The van der Waals surface area contributed by atoms with Crippen LogP contribution in [0.5, 0.6) is 0 Å². The summed E-state index contributed by atoms with van der Waals surface area (Å²) in [5, 5.41) is 17.7. The van der Waals surface area contributed by atoms with E-state index in [-0.39, 0.29) is 18.6 Å². The van der Waals surface area contributed by atoms with Crippen LogP contribution in [0.2, 0.25) is 0 Å². The fourth-order valence-electron chi connectivity index (χ4n) is 0.856. The van der Waals surface area contributed by atoms with Gasteiger partial charge in [0.1, 0.15) is 0 Å². The Morgan fingerprint density at radius 3 is 2.11 bits per heavy atom. The van der Waals surface area contributed by atoms with Gasteiger partial charge in [-0.3, -0.25) is 0 Å². The molecule has 0 amide bonds. The monoisotopic (exact) mass is 132 g/mol. The summed E-state index contributed by atoms with van der Waals surface area (Å²) in [5.74, 6) is 0.0787. The molecule has 0 heterocycles. The Bertz CT molecular complexity index is 61.9. The van der Waals surface area contributed by atoms with Crippen LogP contribution >= 0.6 is 0 Å². The molecule has 0 aliphatic rings. The lowest BCUT2D eigenvalue weighted by atomic mass is 10.00. The SMILES string of the molecule is CCC[C@@H](CO)[C@@H](C)O. The molecule has 0 aliphatic carbocycles. The van der Waals surface area contributed by atoms with Gasteiger partial charge in [-0.25, -0.2) is 0 Å². The number of aliphatic hydroxyl groups excluding tert-OH is 2. The molecule has 0 rings (SSSR count). The van der Waals surface area contributed by atoms with Gasteiger partial charge < -0.3 is 10.2 Å². The van der Waals surface area contributed by atoms with Gasteiger partial charge in [0, 0.05) is 12.5 Å². The predicted octanol–water partition coefficient (Wildman–Crippen LogP) is 0.776. The molecule has 0 aromatic heterocycles. The molecule has 0 aromatic rings. The average Bonchev–Trinajstić information content (AvgIpc) is 1.82. The molecule has 0 radical (unpaired) electrons. The van der Waals surface area contributed by atoms with Crippen molar-refractivity contribution < 1.29 is 10.2 Å². The van der Waals surface area contributed by atoms with Crippen molar-refractivity contribution in [1.29, 1.82) is 0 Å². The van der Waals surface area contributed by atoms with Gasteiger partial charge in [-0.15, -0.1) is 0 Å². The van der Waals surface area contributed by atoms with Crippen molar-refractivity contribution in [2.45, 2.75) is 32.8 Å². The van der Waals surface area contributed by atoms with Crippen LogP contribution in [0.4, 0.5) is 0 Å². The molecule has 0 unspecified atom stereocenters. The van der Waals surface area contributed by atoms with Crippen LogP contribution in [-0.4, -0.2) is 22.9 Å². The molecular formula is C7H16O2. The van der Waals surface area contributed by atoms with E-state index in [4.69, 9.17) is 10.2 Å². The lowest BCUT2D eigenvalue weighted by molar-refractivity contribution is 0.0753. The Morgan fingerprint density at radius 1 is 1.44 bits per heavy atom. The van der Waals surface area contributed by atoms with Gasteiger partial charge in [0.05, 0.1) is 6.10 Å². The van der Waals surface area contributed by atoms with E-state index in [0.29, 0.717) is 0 Å². The van der Waals surface area contributed by atoms with E-state index < -0.39 is 0 Å². The van der Waals surface area contributed by atoms with Crippen molar-refractivity contribution in [2.75, 3.05) is 6.61 Å². The lowest BCUT2D eigenvalue weighted by Crippen LogP contribution is -2.19. The van der Waals surface area contributed by atoms with E-state index in [1.165, 1.54) is 0 Å². The van der Waals surface area contributed by atoms with Crippen LogP contribution in [0, 0.1) is 5.92 Å². The average molecular weight is 132 g/mol. The Labute approximate surface area is 56.5 Å². The fraction of sp³-hybridized carbons (Fsp3) is 1.00. The first-order valence-corrected chi connectivity index (χ1v) is 3.51. The van der Waals surface area contributed by atoms with E-state index in [1.54, 1.807) is 6.92 Å². The zero-order valence-corrected chi connectivity index (χ0v) is 6.17. The third-order valence-corrected chi connectivity index (χ3v) is 1.58. The zero-order chi connectivity index (χ0) is 7.28. The topological polar surface area (TPSA) is 40.5 Å². The first-order valence-electron chi connectivity index (χ1n) is 3.51. The molecule has 0 saturated carbocycles. The molecule has 0 bridgehead atoms. The van der Waals surface area contributed by atoms with Crippen LogP contribution in [0.3, 0.4) is 0 Å². The van der Waals surface area contributed by atoms with Crippen LogP contribution in [0.25, 0.3) is 0 Å². The second kappa shape index (κ2) is 4.77. The van der Waals surface area contributed by atoms with Gasteiger partial charge in [-0.1, -0.05) is 13.3 Å². The second-order valence-electron chi connectivity index (χ2n) is 2.47. The summed E-state index contributed by atoms with van der Waals surface area (Å²) in [6.07, 6.45) is 1.57. The molecule has 2 nitrogen and oxygen atoms in total. The van der Waals surface area contributed by atoms with Crippen molar-refractivity contribution >= 4 is 0 Å². The minimum absolute atomic E-state index is 0.0787. The number of hydrogen-bond donors (Lipinski definition) is 2. The number of rotatable bonds is 4. The van der Waals surface area contributed by atoms with Gasteiger partial charge in [0.2, 0.25) is 0 Å². The normalized spacial score (nSPS) is 17.3. The van der Waals surface area contributed by atoms with Gasteiger partial charge in [-0.2, -0.15) is 0 Å². The maximum absolute atomic E-state index is 8.98. The summed E-state index contributed by atoms with van der Waals surface area (Å²) in [6.45, 7) is 3.87. The van der Waals surface area contributed by atoms with Gasteiger partial charge in [0.25, 0.3) is 0 Å². The summed E-state index contributed by atoms with van der Waals surface area (Å²) in [5.41, 5.74) is 0. The summed E-state index contributed by atoms with van der Waals surface area (Å²) < 4.78 is 0. The Hall–Kier alpha value is -0.0800. The quantitative estimate of drug-likeness (QED) is 0.593. The molecule has 0 saturated heterocycles. The molecule has 9 heavy (non-hydrogen) atoms. The summed E-state index contributed by atoms with van der Waals surface area (Å²) in [4.78, 5) is 0. The molecule has 0 aromatic carbocycles. The standard InChI is InChI=1S/C7H16O2/c1-3-4-7(5-8)6(2)9/h6-9H,3-5H2,1-2H3/t6-,7+/m1/s1. The highest BCUT2D eigenvalue weighted by atomic mass is 16.3. The van der Waals surface area contributed by atoms with Gasteiger partial charge >= 0.3 is 0 Å². The maximum atomic E-state index is 8.98.